The van der Waals surface area contributed by atoms with Crippen LogP contribution in [-0.2, 0) is 10.5 Å². The zero-order valence-electron chi connectivity index (χ0n) is 17.0. The van der Waals surface area contributed by atoms with Crippen LogP contribution in [0.15, 0.2) is 47.6 Å². The highest BCUT2D eigenvalue weighted by molar-refractivity contribution is 7.99. The van der Waals surface area contributed by atoms with Gasteiger partial charge in [0.25, 0.3) is 5.69 Å². The third-order valence-electron chi connectivity index (χ3n) is 3.76. The van der Waals surface area contributed by atoms with Gasteiger partial charge in [-0.05, 0) is 42.7 Å². The highest BCUT2D eigenvalue weighted by atomic mass is 32.2. The van der Waals surface area contributed by atoms with E-state index >= 15 is 0 Å². The van der Waals surface area contributed by atoms with Crippen LogP contribution in [0.4, 0.5) is 5.69 Å². The topological polar surface area (TPSA) is 103 Å². The molecule has 0 aliphatic carbocycles. The Kier molecular flexibility index (Phi) is 9.66. The number of non-ortho nitro benzene ring substituents is 1. The molecule has 0 saturated heterocycles. The van der Waals surface area contributed by atoms with Crippen molar-refractivity contribution in [2.45, 2.75) is 26.0 Å². The molecule has 2 rings (SSSR count). The third-order valence-corrected chi connectivity index (χ3v) is 4.76. The lowest BCUT2D eigenvalue weighted by atomic mass is 10.2. The van der Waals surface area contributed by atoms with Gasteiger partial charge in [0, 0.05) is 17.9 Å². The van der Waals surface area contributed by atoms with Gasteiger partial charge in [-0.1, -0.05) is 19.1 Å². The third kappa shape index (κ3) is 7.75. The molecule has 0 aromatic heterocycles. The number of benzene rings is 2. The molecule has 9 heteroatoms. The second-order valence-corrected chi connectivity index (χ2v) is 7.19. The standard InChI is InChI=1S/C21H25N3O5S/c1-3-10-29-19-9-8-16(12-20(19)28-4-2)13-22-23-21(25)15-30-14-17-6-5-7-18(11-17)24(26)27/h5-9,11-13H,3-4,10,14-15H2,1-2H3,(H,23,25)/b22-13-. The minimum absolute atomic E-state index is 0.0414. The predicted molar refractivity (Wildman–Crippen MR) is 118 cm³/mol. The summed E-state index contributed by atoms with van der Waals surface area (Å²) >= 11 is 1.35. The summed E-state index contributed by atoms with van der Waals surface area (Å²) in [6, 6.07) is 11.8. The highest BCUT2D eigenvalue weighted by Crippen LogP contribution is 2.28. The summed E-state index contributed by atoms with van der Waals surface area (Å²) in [7, 11) is 0. The molecule has 1 amide bonds. The monoisotopic (exact) mass is 431 g/mol. The number of ether oxygens (including phenoxy) is 2. The van der Waals surface area contributed by atoms with E-state index in [1.54, 1.807) is 18.2 Å². The number of nitrogens with one attached hydrogen (secondary N) is 1. The largest absolute Gasteiger partial charge is 0.490 e. The summed E-state index contributed by atoms with van der Waals surface area (Å²) in [6.07, 6.45) is 2.44. The lowest BCUT2D eigenvalue weighted by Crippen LogP contribution is -2.19. The van der Waals surface area contributed by atoms with Crippen molar-refractivity contribution in [3.63, 3.8) is 0 Å². The van der Waals surface area contributed by atoms with E-state index in [2.05, 4.69) is 10.5 Å². The van der Waals surface area contributed by atoms with E-state index in [0.29, 0.717) is 30.5 Å². The number of hydrogen-bond acceptors (Lipinski definition) is 7. The minimum atomic E-state index is -0.435. The Balaban J connectivity index is 1.83. The van der Waals surface area contributed by atoms with Gasteiger partial charge in [0.2, 0.25) is 5.91 Å². The predicted octanol–water partition coefficient (Wildman–Crippen LogP) is 4.17. The van der Waals surface area contributed by atoms with Gasteiger partial charge in [-0.15, -0.1) is 11.8 Å². The van der Waals surface area contributed by atoms with Crippen LogP contribution in [0.3, 0.4) is 0 Å². The molecule has 2 aromatic carbocycles. The molecule has 0 aliphatic heterocycles. The molecular formula is C21H25N3O5S. The first-order valence-corrected chi connectivity index (χ1v) is 10.7. The molecule has 1 N–H and O–H groups in total. The van der Waals surface area contributed by atoms with Crippen LogP contribution in [-0.4, -0.2) is 36.0 Å². The summed E-state index contributed by atoms with van der Waals surface area (Å²) < 4.78 is 11.3. The molecule has 8 nitrogen and oxygen atoms in total. The van der Waals surface area contributed by atoms with Gasteiger partial charge in [-0.3, -0.25) is 14.9 Å². The number of thioether (sulfide) groups is 1. The Bertz CT molecular complexity index is 889. The summed E-state index contributed by atoms with van der Waals surface area (Å²) in [5.74, 6) is 1.74. The average molecular weight is 432 g/mol. The van der Waals surface area contributed by atoms with Crippen molar-refractivity contribution in [3.8, 4) is 11.5 Å². The second-order valence-electron chi connectivity index (χ2n) is 6.20. The number of carbonyl (C=O) groups is 1. The van der Waals surface area contributed by atoms with Crippen molar-refractivity contribution in [1.82, 2.24) is 5.43 Å². The van der Waals surface area contributed by atoms with Gasteiger partial charge < -0.3 is 9.47 Å². The number of hydrazone groups is 1. The van der Waals surface area contributed by atoms with Crippen molar-refractivity contribution in [1.29, 1.82) is 0 Å². The molecule has 0 radical (unpaired) electrons. The zero-order chi connectivity index (χ0) is 21.8. The van der Waals surface area contributed by atoms with Crippen molar-refractivity contribution in [2.75, 3.05) is 19.0 Å². The van der Waals surface area contributed by atoms with E-state index in [-0.39, 0.29) is 17.3 Å². The number of nitro benzene ring substituents is 1. The SMILES string of the molecule is CCCOc1ccc(/C=N\NC(=O)CSCc2cccc([N+](=O)[O-])c2)cc1OCC. The minimum Gasteiger partial charge on any atom is -0.490 e. The molecule has 0 spiro atoms. The normalized spacial score (nSPS) is 10.7. The van der Waals surface area contributed by atoms with Crippen LogP contribution in [0.2, 0.25) is 0 Å². The van der Waals surface area contributed by atoms with E-state index in [1.165, 1.54) is 30.1 Å². The molecule has 0 fully saturated rings. The van der Waals surface area contributed by atoms with Crippen molar-refractivity contribution < 1.29 is 19.2 Å². The van der Waals surface area contributed by atoms with Gasteiger partial charge in [0.1, 0.15) is 0 Å². The first-order valence-electron chi connectivity index (χ1n) is 9.56. The van der Waals surface area contributed by atoms with E-state index in [1.807, 2.05) is 26.0 Å². The zero-order valence-corrected chi connectivity index (χ0v) is 17.8. The fourth-order valence-corrected chi connectivity index (χ4v) is 3.20. The lowest BCUT2D eigenvalue weighted by Gasteiger charge is -2.11. The molecule has 0 unspecified atom stereocenters. The Morgan fingerprint density at radius 2 is 2.03 bits per heavy atom. The first kappa shape index (κ1) is 23.2. The van der Waals surface area contributed by atoms with E-state index in [9.17, 15) is 14.9 Å². The maximum Gasteiger partial charge on any atom is 0.269 e. The molecule has 0 atom stereocenters. The van der Waals surface area contributed by atoms with E-state index in [0.717, 1.165) is 17.5 Å². The fraction of sp³-hybridized carbons (Fsp3) is 0.333. The Hall–Kier alpha value is -3.07. The van der Waals surface area contributed by atoms with Crippen molar-refractivity contribution in [3.05, 3.63) is 63.7 Å². The second kappa shape index (κ2) is 12.5. The van der Waals surface area contributed by atoms with Crippen LogP contribution in [0.1, 0.15) is 31.4 Å². The number of nitro groups is 1. The summed E-state index contributed by atoms with van der Waals surface area (Å²) in [5.41, 5.74) is 4.08. The number of hydrogen-bond donors (Lipinski definition) is 1. The van der Waals surface area contributed by atoms with Crippen molar-refractivity contribution >= 4 is 29.6 Å². The van der Waals surface area contributed by atoms with Crippen LogP contribution >= 0.6 is 11.8 Å². The molecule has 160 valence electrons. The molecule has 2 aromatic rings. The fourth-order valence-electron chi connectivity index (χ4n) is 2.44. The van der Waals surface area contributed by atoms with Gasteiger partial charge >= 0.3 is 0 Å². The van der Waals surface area contributed by atoms with Crippen molar-refractivity contribution in [2.24, 2.45) is 5.10 Å². The van der Waals surface area contributed by atoms with Gasteiger partial charge in [0.15, 0.2) is 11.5 Å². The van der Waals surface area contributed by atoms with Crippen LogP contribution < -0.4 is 14.9 Å². The summed E-state index contributed by atoms with van der Waals surface area (Å²) in [4.78, 5) is 22.3. The smallest absolute Gasteiger partial charge is 0.269 e. The molecule has 0 aliphatic rings. The molecule has 0 heterocycles. The quantitative estimate of drug-likeness (QED) is 0.307. The van der Waals surface area contributed by atoms with Gasteiger partial charge in [-0.2, -0.15) is 5.10 Å². The Morgan fingerprint density at radius 3 is 2.77 bits per heavy atom. The summed E-state index contributed by atoms with van der Waals surface area (Å²) in [6.45, 7) is 5.06. The molecule has 0 bridgehead atoms. The van der Waals surface area contributed by atoms with Crippen LogP contribution in [0.5, 0.6) is 11.5 Å². The molecule has 30 heavy (non-hydrogen) atoms. The maximum atomic E-state index is 11.9. The first-order chi connectivity index (χ1) is 14.5. The van der Waals surface area contributed by atoms with Crippen LogP contribution in [0, 0.1) is 10.1 Å². The van der Waals surface area contributed by atoms with E-state index < -0.39 is 4.92 Å². The maximum absolute atomic E-state index is 11.9. The van der Waals surface area contributed by atoms with Gasteiger partial charge in [-0.25, -0.2) is 5.43 Å². The number of rotatable bonds is 12. The summed E-state index contributed by atoms with van der Waals surface area (Å²) in [5, 5.41) is 14.8. The molecular weight excluding hydrogens is 406 g/mol. The number of amides is 1. The number of nitrogens with zero attached hydrogens (tertiary/aromatic N) is 2. The van der Waals surface area contributed by atoms with E-state index in [4.69, 9.17) is 9.47 Å². The average Bonchev–Trinajstić information content (AvgIpc) is 2.73. The molecule has 0 saturated carbocycles. The Morgan fingerprint density at radius 1 is 1.20 bits per heavy atom. The lowest BCUT2D eigenvalue weighted by molar-refractivity contribution is -0.384. The number of carbonyl (C=O) groups excluding carboxylic acids is 1. The van der Waals surface area contributed by atoms with Gasteiger partial charge in [0.05, 0.1) is 30.1 Å². The Labute approximate surface area is 179 Å². The highest BCUT2D eigenvalue weighted by Gasteiger charge is 2.07. The van der Waals surface area contributed by atoms with Crippen LogP contribution in [0.25, 0.3) is 0 Å².